The smallest absolute Gasteiger partial charge is 0.323 e. The van der Waals surface area contributed by atoms with E-state index in [-0.39, 0.29) is 4.90 Å². The van der Waals surface area contributed by atoms with E-state index in [2.05, 4.69) is 4.72 Å². The summed E-state index contributed by atoms with van der Waals surface area (Å²) in [5.41, 5.74) is 2.19. The first kappa shape index (κ1) is 20.8. The van der Waals surface area contributed by atoms with Gasteiger partial charge in [0, 0.05) is 0 Å². The van der Waals surface area contributed by atoms with Gasteiger partial charge in [0.15, 0.2) is 0 Å². The molecule has 0 amide bonds. The predicted molar refractivity (Wildman–Crippen MR) is 101 cm³/mol. The normalized spacial score (nSPS) is 13.7. The van der Waals surface area contributed by atoms with Gasteiger partial charge in [-0.1, -0.05) is 56.3 Å². The summed E-state index contributed by atoms with van der Waals surface area (Å²) in [5, 5.41) is 0. The van der Waals surface area contributed by atoms with Crippen molar-refractivity contribution in [1.29, 1.82) is 0 Å². The van der Waals surface area contributed by atoms with Crippen LogP contribution in [-0.2, 0) is 27.4 Å². The van der Waals surface area contributed by atoms with E-state index in [1.165, 1.54) is 17.7 Å². The van der Waals surface area contributed by atoms with Crippen molar-refractivity contribution in [2.45, 2.75) is 37.4 Å². The van der Waals surface area contributed by atoms with Gasteiger partial charge in [-0.25, -0.2) is 8.42 Å². The highest BCUT2D eigenvalue weighted by Gasteiger charge is 2.35. The van der Waals surface area contributed by atoms with Gasteiger partial charge >= 0.3 is 7.60 Å². The maximum Gasteiger partial charge on any atom is 0.343 e. The van der Waals surface area contributed by atoms with Gasteiger partial charge < -0.3 is 9.79 Å². The quantitative estimate of drug-likeness (QED) is 0.594. The summed E-state index contributed by atoms with van der Waals surface area (Å²) in [6.07, 6.45) is 1.62. The Morgan fingerprint density at radius 2 is 1.42 bits per heavy atom. The van der Waals surface area contributed by atoms with Crippen molar-refractivity contribution in [3.8, 4) is 0 Å². The molecule has 2 aromatic carbocycles. The van der Waals surface area contributed by atoms with Crippen molar-refractivity contribution < 1.29 is 22.8 Å². The molecular weight excluding hydrogens is 373 g/mol. The molecule has 2 rings (SSSR count). The molecule has 0 aliphatic heterocycles. The van der Waals surface area contributed by atoms with Crippen molar-refractivity contribution in [2.24, 2.45) is 5.92 Å². The number of benzene rings is 2. The summed E-state index contributed by atoms with van der Waals surface area (Å²) in [5.74, 6) is -2.00. The molecule has 8 heteroatoms. The molecule has 0 spiro atoms. The van der Waals surface area contributed by atoms with E-state index in [1.807, 2.05) is 30.3 Å². The van der Waals surface area contributed by atoms with Crippen LogP contribution in [0.25, 0.3) is 0 Å². The highest BCUT2D eigenvalue weighted by molar-refractivity contribution is 7.89. The average molecular weight is 397 g/mol. The molecule has 0 aromatic heterocycles. The first-order valence-corrected chi connectivity index (χ1v) is 11.5. The maximum absolute atomic E-state index is 12.4. The lowest BCUT2D eigenvalue weighted by atomic mass is 10.0. The zero-order valence-corrected chi connectivity index (χ0v) is 16.5. The molecule has 26 heavy (non-hydrogen) atoms. The molecule has 142 valence electrons. The lowest BCUT2D eigenvalue weighted by Crippen LogP contribution is -2.38. The predicted octanol–water partition coefficient (Wildman–Crippen LogP) is 2.91. The fourth-order valence-electron chi connectivity index (χ4n) is 2.59. The van der Waals surface area contributed by atoms with E-state index in [0.29, 0.717) is 0 Å². The van der Waals surface area contributed by atoms with Gasteiger partial charge in [-0.2, -0.15) is 4.72 Å². The van der Waals surface area contributed by atoms with Crippen LogP contribution in [0.2, 0.25) is 0 Å². The molecule has 0 radical (unpaired) electrons. The molecule has 0 saturated carbocycles. The minimum atomic E-state index is -4.59. The molecule has 0 heterocycles. The fraction of sp³-hybridized carbons (Fsp3) is 0.333. The molecule has 1 atom stereocenters. The van der Waals surface area contributed by atoms with Gasteiger partial charge in [-0.05, 0) is 42.0 Å². The Morgan fingerprint density at radius 3 is 1.88 bits per heavy atom. The average Bonchev–Trinajstić information content (AvgIpc) is 2.58. The standard InChI is InChI=1S/C18H24NO5PS/c1-14(2)18(25(20,21)22)19-26(23,24)17-12-10-16(11-13-17)9-8-15-6-4-3-5-7-15/h3-7,10-14,18-19H,8-9H2,1-2H3,(H2,20,21,22)/t18-/m0/s1. The van der Waals surface area contributed by atoms with Crippen LogP contribution in [-0.4, -0.2) is 24.0 Å². The number of nitrogens with one attached hydrogen (secondary N) is 1. The van der Waals surface area contributed by atoms with Crippen LogP contribution in [0.3, 0.4) is 0 Å². The number of sulfonamides is 1. The molecule has 6 nitrogen and oxygen atoms in total. The molecule has 0 bridgehead atoms. The zero-order chi connectivity index (χ0) is 19.4. The maximum atomic E-state index is 12.4. The van der Waals surface area contributed by atoms with E-state index in [0.717, 1.165) is 18.4 Å². The Labute approximate surface area is 154 Å². The van der Waals surface area contributed by atoms with Gasteiger partial charge in [0.05, 0.1) is 4.90 Å². The van der Waals surface area contributed by atoms with E-state index in [4.69, 9.17) is 0 Å². The van der Waals surface area contributed by atoms with E-state index >= 15 is 0 Å². The number of hydrogen-bond acceptors (Lipinski definition) is 3. The van der Waals surface area contributed by atoms with Gasteiger partial charge in [0.2, 0.25) is 10.0 Å². The molecule has 3 N–H and O–H groups in total. The van der Waals surface area contributed by atoms with Crippen molar-refractivity contribution in [1.82, 2.24) is 4.72 Å². The summed E-state index contributed by atoms with van der Waals surface area (Å²) in [6.45, 7) is 3.11. The molecule has 0 fully saturated rings. The number of rotatable bonds is 8. The molecular formula is C18H24NO5PS. The van der Waals surface area contributed by atoms with Crippen LogP contribution < -0.4 is 4.72 Å². The number of hydrogen-bond donors (Lipinski definition) is 3. The Kier molecular flexibility index (Phi) is 6.77. The Bertz CT molecular complexity index is 860. The fourth-order valence-corrected chi connectivity index (χ4v) is 5.55. The largest absolute Gasteiger partial charge is 0.343 e. The topological polar surface area (TPSA) is 104 Å². The van der Waals surface area contributed by atoms with Crippen LogP contribution in [0.4, 0.5) is 0 Å². The second-order valence-corrected chi connectivity index (χ2v) is 9.98. The molecule has 0 unspecified atom stereocenters. The first-order chi connectivity index (χ1) is 12.1. The first-order valence-electron chi connectivity index (χ1n) is 8.30. The summed E-state index contributed by atoms with van der Waals surface area (Å²) >= 11 is 0. The summed E-state index contributed by atoms with van der Waals surface area (Å²) in [7, 11) is -8.61. The molecule has 0 saturated heterocycles. The van der Waals surface area contributed by atoms with Crippen LogP contribution in [0.15, 0.2) is 59.5 Å². The highest BCUT2D eigenvalue weighted by atomic mass is 32.2. The molecule has 2 aromatic rings. The van der Waals surface area contributed by atoms with Crippen molar-refractivity contribution in [2.75, 3.05) is 0 Å². The van der Waals surface area contributed by atoms with E-state index < -0.39 is 29.3 Å². The van der Waals surface area contributed by atoms with Crippen molar-refractivity contribution in [3.05, 3.63) is 65.7 Å². The van der Waals surface area contributed by atoms with Crippen molar-refractivity contribution in [3.63, 3.8) is 0 Å². The van der Waals surface area contributed by atoms with E-state index in [1.54, 1.807) is 26.0 Å². The Morgan fingerprint density at radius 1 is 0.923 bits per heavy atom. The summed E-state index contributed by atoms with van der Waals surface area (Å²) in [4.78, 5) is 18.7. The Hall–Kier alpha value is -1.50. The Balaban J connectivity index is 2.09. The second-order valence-electron chi connectivity index (χ2n) is 6.53. The SMILES string of the molecule is CC(C)[C@@H](NS(=O)(=O)c1ccc(CCc2ccccc2)cc1)P(=O)(O)O. The second kappa shape index (κ2) is 8.46. The number of aryl methyl sites for hydroxylation is 2. The molecule has 0 aliphatic rings. The van der Waals surface area contributed by atoms with Gasteiger partial charge in [-0.15, -0.1) is 0 Å². The monoisotopic (exact) mass is 397 g/mol. The van der Waals surface area contributed by atoms with E-state index in [9.17, 15) is 22.8 Å². The van der Waals surface area contributed by atoms with Crippen LogP contribution in [0.5, 0.6) is 0 Å². The van der Waals surface area contributed by atoms with Crippen LogP contribution >= 0.6 is 7.60 Å². The third kappa shape index (κ3) is 5.76. The van der Waals surface area contributed by atoms with Gasteiger partial charge in [-0.3, -0.25) is 4.57 Å². The van der Waals surface area contributed by atoms with Crippen LogP contribution in [0, 0.1) is 5.92 Å². The molecule has 0 aliphatic carbocycles. The van der Waals surface area contributed by atoms with Crippen molar-refractivity contribution >= 4 is 17.6 Å². The lowest BCUT2D eigenvalue weighted by Gasteiger charge is -2.23. The lowest BCUT2D eigenvalue weighted by molar-refractivity contribution is 0.336. The van der Waals surface area contributed by atoms with Crippen LogP contribution in [0.1, 0.15) is 25.0 Å². The zero-order valence-electron chi connectivity index (χ0n) is 14.7. The third-order valence-electron chi connectivity index (χ3n) is 4.05. The third-order valence-corrected chi connectivity index (χ3v) is 7.13. The minimum Gasteiger partial charge on any atom is -0.323 e. The highest BCUT2D eigenvalue weighted by Crippen LogP contribution is 2.43. The summed E-state index contributed by atoms with van der Waals surface area (Å²) < 4.78 is 38.5. The van der Waals surface area contributed by atoms with Gasteiger partial charge in [0.25, 0.3) is 0 Å². The minimum absolute atomic E-state index is 0.0138. The summed E-state index contributed by atoms with van der Waals surface area (Å²) in [6, 6.07) is 16.3. The van der Waals surface area contributed by atoms with Gasteiger partial charge in [0.1, 0.15) is 5.78 Å².